The second-order valence-corrected chi connectivity index (χ2v) is 11.5. The Morgan fingerprint density at radius 2 is 1.80 bits per heavy atom. The monoisotopic (exact) mass is 565 g/mol. The summed E-state index contributed by atoms with van der Waals surface area (Å²) < 4.78 is 49.7. The van der Waals surface area contributed by atoms with Gasteiger partial charge in [-0.3, -0.25) is 4.90 Å². The summed E-state index contributed by atoms with van der Waals surface area (Å²) in [6, 6.07) is 15.6. The number of nitrogens with zero attached hydrogens (tertiary/aromatic N) is 3. The van der Waals surface area contributed by atoms with Crippen molar-refractivity contribution >= 4 is 22.6 Å². The van der Waals surface area contributed by atoms with Crippen LogP contribution in [0.4, 0.5) is 8.78 Å². The molecule has 208 valence electrons. The number of aromatic nitrogens is 2. The highest BCUT2D eigenvalue weighted by molar-refractivity contribution is 6.30. The van der Waals surface area contributed by atoms with Crippen LogP contribution in [0, 0.1) is 11.6 Å². The third kappa shape index (κ3) is 4.52. The Balaban J connectivity index is 1.08. The molecule has 0 aliphatic carbocycles. The summed E-state index contributed by atoms with van der Waals surface area (Å²) in [4.78, 5) is 7.09. The van der Waals surface area contributed by atoms with Gasteiger partial charge in [0.05, 0.1) is 30.3 Å². The molecule has 4 heterocycles. The van der Waals surface area contributed by atoms with E-state index in [9.17, 15) is 8.78 Å². The Labute approximate surface area is 236 Å². The topological polar surface area (TPSA) is 48.8 Å². The molecule has 4 aromatic rings. The van der Waals surface area contributed by atoms with Gasteiger partial charge in [-0.1, -0.05) is 29.8 Å². The Hall–Kier alpha value is -3.20. The number of halogens is 3. The van der Waals surface area contributed by atoms with Crippen LogP contribution in [-0.4, -0.2) is 40.3 Å². The predicted molar refractivity (Wildman–Crippen MR) is 148 cm³/mol. The van der Waals surface area contributed by atoms with Gasteiger partial charge in [-0.05, 0) is 74.7 Å². The molecule has 2 saturated heterocycles. The fourth-order valence-electron chi connectivity index (χ4n) is 6.16. The molecule has 0 N–H and O–H groups in total. The molecule has 0 radical (unpaired) electrons. The smallest absolute Gasteiger partial charge is 0.278 e. The van der Waals surface area contributed by atoms with E-state index in [2.05, 4.69) is 15.5 Å². The zero-order valence-corrected chi connectivity index (χ0v) is 23.0. The number of benzene rings is 3. The standard InChI is InChI=1S/C31H30ClF2N3O3/c1-31(23-9-8-20(32)16-25(23)34)39-27-7-2-4-22(30(27)40-31)19-10-13-36(14-11-19)18-28-35-29-24(33)5-3-6-26(29)37(28)17-21-12-15-38-21/h2-9,16,19,21H,10-15,17-18H2,1H3/t21-,31-/m0/s1. The third-order valence-electron chi connectivity index (χ3n) is 8.41. The second-order valence-electron chi connectivity index (χ2n) is 11.0. The zero-order chi connectivity index (χ0) is 27.4. The van der Waals surface area contributed by atoms with Crippen LogP contribution in [0.25, 0.3) is 11.0 Å². The minimum absolute atomic E-state index is 0.152. The summed E-state index contributed by atoms with van der Waals surface area (Å²) in [6.45, 7) is 5.57. The van der Waals surface area contributed by atoms with Crippen molar-refractivity contribution in [3.8, 4) is 11.5 Å². The lowest BCUT2D eigenvalue weighted by molar-refractivity contribution is -0.0712. The number of hydrogen-bond donors (Lipinski definition) is 0. The molecule has 0 bridgehead atoms. The van der Waals surface area contributed by atoms with Crippen LogP contribution in [0.2, 0.25) is 5.02 Å². The van der Waals surface area contributed by atoms with Crippen LogP contribution in [0.5, 0.6) is 11.5 Å². The number of piperidine rings is 1. The quantitative estimate of drug-likeness (QED) is 0.258. The third-order valence-corrected chi connectivity index (χ3v) is 8.65. The lowest BCUT2D eigenvalue weighted by Crippen LogP contribution is -2.35. The summed E-state index contributed by atoms with van der Waals surface area (Å²) >= 11 is 5.96. The van der Waals surface area contributed by atoms with Crippen molar-refractivity contribution in [3.05, 3.63) is 88.2 Å². The number of para-hydroxylation sites is 2. The summed E-state index contributed by atoms with van der Waals surface area (Å²) in [7, 11) is 0. The molecule has 3 aliphatic rings. The van der Waals surface area contributed by atoms with Crippen molar-refractivity contribution < 1.29 is 23.0 Å². The molecule has 0 saturated carbocycles. The van der Waals surface area contributed by atoms with Gasteiger partial charge in [0.15, 0.2) is 17.3 Å². The Bertz CT molecular complexity index is 1580. The molecule has 40 heavy (non-hydrogen) atoms. The zero-order valence-electron chi connectivity index (χ0n) is 22.2. The number of imidazole rings is 1. The van der Waals surface area contributed by atoms with Crippen molar-refractivity contribution in [2.75, 3.05) is 19.7 Å². The number of rotatable bonds is 6. The van der Waals surface area contributed by atoms with E-state index in [0.717, 1.165) is 55.9 Å². The first-order valence-corrected chi connectivity index (χ1v) is 14.2. The molecule has 3 aromatic carbocycles. The van der Waals surface area contributed by atoms with E-state index in [0.29, 0.717) is 40.7 Å². The minimum atomic E-state index is -1.27. The highest BCUT2D eigenvalue weighted by Crippen LogP contribution is 2.49. The molecule has 6 nitrogen and oxygen atoms in total. The predicted octanol–water partition coefficient (Wildman–Crippen LogP) is 6.78. The van der Waals surface area contributed by atoms with Gasteiger partial charge in [-0.2, -0.15) is 0 Å². The molecule has 2 atom stereocenters. The Kier molecular flexibility index (Phi) is 6.45. The average Bonchev–Trinajstić information content (AvgIpc) is 3.44. The maximum atomic E-state index is 14.8. The lowest BCUT2D eigenvalue weighted by atomic mass is 9.88. The normalized spacial score (nSPS) is 23.1. The van der Waals surface area contributed by atoms with Gasteiger partial charge in [0.1, 0.15) is 17.2 Å². The van der Waals surface area contributed by atoms with Gasteiger partial charge < -0.3 is 18.8 Å². The van der Waals surface area contributed by atoms with E-state index in [1.807, 2.05) is 18.2 Å². The second kappa shape index (κ2) is 10.0. The van der Waals surface area contributed by atoms with Crippen LogP contribution in [-0.2, 0) is 23.6 Å². The number of hydrogen-bond acceptors (Lipinski definition) is 5. The van der Waals surface area contributed by atoms with Crippen LogP contribution in [0.3, 0.4) is 0 Å². The van der Waals surface area contributed by atoms with Crippen molar-refractivity contribution in [3.63, 3.8) is 0 Å². The van der Waals surface area contributed by atoms with Gasteiger partial charge in [0, 0.05) is 24.1 Å². The van der Waals surface area contributed by atoms with E-state index in [1.54, 1.807) is 25.1 Å². The molecular formula is C31H30ClF2N3O3. The van der Waals surface area contributed by atoms with Gasteiger partial charge in [0.25, 0.3) is 5.79 Å². The molecule has 0 unspecified atom stereocenters. The van der Waals surface area contributed by atoms with Gasteiger partial charge >= 0.3 is 0 Å². The van der Waals surface area contributed by atoms with Crippen molar-refractivity contribution in [2.45, 2.75) is 57.1 Å². The van der Waals surface area contributed by atoms with Crippen LogP contribution in [0.1, 0.15) is 49.1 Å². The van der Waals surface area contributed by atoms with Crippen molar-refractivity contribution in [2.24, 2.45) is 0 Å². The van der Waals surface area contributed by atoms with Gasteiger partial charge in [-0.15, -0.1) is 0 Å². The highest BCUT2D eigenvalue weighted by atomic mass is 35.5. The SMILES string of the molecule is C[C@]1(c2ccc(Cl)cc2F)Oc2cccc(C3CCN(Cc4nc5c(F)cccc5n4C[C@@H]4CCO4)CC3)c2O1. The molecule has 3 aliphatic heterocycles. The fourth-order valence-corrected chi connectivity index (χ4v) is 6.32. The van der Waals surface area contributed by atoms with Gasteiger partial charge in [-0.25, -0.2) is 13.8 Å². The first-order valence-electron chi connectivity index (χ1n) is 13.8. The summed E-state index contributed by atoms with van der Waals surface area (Å²) in [5.74, 6) is 0.399. The van der Waals surface area contributed by atoms with Gasteiger partial charge in [0.2, 0.25) is 0 Å². The highest BCUT2D eigenvalue weighted by Gasteiger charge is 2.43. The molecule has 0 spiro atoms. The average molecular weight is 566 g/mol. The molecule has 7 rings (SSSR count). The van der Waals surface area contributed by atoms with E-state index >= 15 is 0 Å². The van der Waals surface area contributed by atoms with E-state index in [-0.39, 0.29) is 17.8 Å². The van der Waals surface area contributed by atoms with E-state index < -0.39 is 11.6 Å². The molecule has 1 aromatic heterocycles. The molecule has 0 amide bonds. The van der Waals surface area contributed by atoms with E-state index in [1.165, 1.54) is 12.1 Å². The maximum Gasteiger partial charge on any atom is 0.278 e. The maximum absolute atomic E-state index is 14.8. The van der Waals surface area contributed by atoms with E-state index in [4.69, 9.17) is 30.8 Å². The lowest BCUT2D eigenvalue weighted by Gasteiger charge is -2.33. The Morgan fingerprint density at radius 3 is 2.55 bits per heavy atom. The minimum Gasteiger partial charge on any atom is -0.444 e. The number of fused-ring (bicyclic) bond motifs is 2. The van der Waals surface area contributed by atoms with Crippen LogP contribution in [0.15, 0.2) is 54.6 Å². The van der Waals surface area contributed by atoms with Crippen molar-refractivity contribution in [1.82, 2.24) is 14.5 Å². The summed E-state index contributed by atoms with van der Waals surface area (Å²) in [5.41, 5.74) is 2.62. The van der Waals surface area contributed by atoms with Crippen molar-refractivity contribution in [1.29, 1.82) is 0 Å². The molecule has 2 fully saturated rings. The first kappa shape index (κ1) is 25.7. The first-order chi connectivity index (χ1) is 19.4. The fraction of sp³-hybridized carbons (Fsp3) is 0.387. The summed E-state index contributed by atoms with van der Waals surface area (Å²) in [6.07, 6.45) is 3.01. The number of ether oxygens (including phenoxy) is 3. The summed E-state index contributed by atoms with van der Waals surface area (Å²) in [5, 5.41) is 0.324. The van der Waals surface area contributed by atoms with Crippen LogP contribution < -0.4 is 9.47 Å². The molecular weight excluding hydrogens is 536 g/mol. The van der Waals surface area contributed by atoms with Crippen LogP contribution >= 0.6 is 11.6 Å². The largest absolute Gasteiger partial charge is 0.444 e. The number of likely N-dealkylation sites (tertiary alicyclic amines) is 1. The Morgan fingerprint density at radius 1 is 1.00 bits per heavy atom. The molecule has 9 heteroatoms.